The van der Waals surface area contributed by atoms with Gasteiger partial charge in [-0.15, -0.1) is 0 Å². The second-order valence-corrected chi connectivity index (χ2v) is 7.10. The number of hydrogen-bond acceptors (Lipinski definition) is 7. The van der Waals surface area contributed by atoms with Gasteiger partial charge in [0.1, 0.15) is 24.9 Å². The normalized spacial score (nSPS) is 26.5. The van der Waals surface area contributed by atoms with Crippen molar-refractivity contribution < 1.29 is 34.0 Å². The topological polar surface area (TPSA) is 126 Å². The molecule has 4 N–H and O–H groups in total. The van der Waals surface area contributed by atoms with Crippen LogP contribution >= 0.6 is 12.2 Å². The van der Waals surface area contributed by atoms with Crippen molar-refractivity contribution in [2.24, 2.45) is 0 Å². The zero-order chi connectivity index (χ0) is 21.4. The summed E-state index contributed by atoms with van der Waals surface area (Å²) in [6.45, 7) is 1.21. The fourth-order valence-corrected chi connectivity index (χ4v) is 3.42. The standard InChI is InChI=1S/C19H26N2O7S/c1-11-16(17(25)18(26-2)13(28-11)9-27-10-15(23)24)21-19(29)20-14(22)8-12-6-4-3-5-7-12/h3-7,11,13,16-18,25H,8-10H2,1-2H3,(H,23,24)(H2,20,21,22,29)/t11-,13+,16-,17-,18+/m0/s1. The molecule has 1 aliphatic heterocycles. The van der Waals surface area contributed by atoms with Crippen LogP contribution in [0.25, 0.3) is 0 Å². The number of carbonyl (C=O) groups excluding carboxylic acids is 1. The molecule has 1 aliphatic rings. The maximum Gasteiger partial charge on any atom is 0.329 e. The van der Waals surface area contributed by atoms with Gasteiger partial charge in [0, 0.05) is 7.11 Å². The van der Waals surface area contributed by atoms with Gasteiger partial charge in [0.05, 0.1) is 25.2 Å². The Morgan fingerprint density at radius 1 is 1.28 bits per heavy atom. The first-order chi connectivity index (χ1) is 13.8. The molecule has 5 atom stereocenters. The molecule has 1 heterocycles. The SMILES string of the molecule is CO[C@H]1[C@@H](O)[C@@H](NC(=S)NC(=O)Cc2ccccc2)[C@H](C)O[C@@H]1COCC(=O)O. The molecule has 1 aromatic carbocycles. The zero-order valence-corrected chi connectivity index (χ0v) is 17.1. The summed E-state index contributed by atoms with van der Waals surface area (Å²) >= 11 is 5.20. The number of thiocarbonyl (C=S) groups is 1. The second kappa shape index (κ2) is 11.2. The fourth-order valence-electron chi connectivity index (χ4n) is 3.17. The first-order valence-electron chi connectivity index (χ1n) is 9.12. The molecule has 1 fully saturated rings. The van der Waals surface area contributed by atoms with E-state index in [9.17, 15) is 14.7 Å². The maximum atomic E-state index is 12.2. The van der Waals surface area contributed by atoms with Gasteiger partial charge in [0.2, 0.25) is 5.91 Å². The van der Waals surface area contributed by atoms with E-state index >= 15 is 0 Å². The minimum absolute atomic E-state index is 0.0445. The average Bonchev–Trinajstić information content (AvgIpc) is 2.65. The van der Waals surface area contributed by atoms with Gasteiger partial charge in [-0.3, -0.25) is 4.79 Å². The molecule has 0 bridgehead atoms. The number of benzene rings is 1. The predicted molar refractivity (Wildman–Crippen MR) is 107 cm³/mol. The molecule has 1 saturated heterocycles. The second-order valence-electron chi connectivity index (χ2n) is 6.69. The Bertz CT molecular complexity index is 703. The minimum Gasteiger partial charge on any atom is -0.480 e. The van der Waals surface area contributed by atoms with E-state index < -0.39 is 43.0 Å². The highest BCUT2D eigenvalue weighted by molar-refractivity contribution is 7.80. The number of carbonyl (C=O) groups is 2. The molecule has 10 heteroatoms. The lowest BCUT2D eigenvalue weighted by Gasteiger charge is -2.43. The van der Waals surface area contributed by atoms with Gasteiger partial charge in [-0.1, -0.05) is 30.3 Å². The number of carboxylic acid groups (broad SMARTS) is 1. The van der Waals surface area contributed by atoms with Crippen molar-refractivity contribution >= 4 is 29.2 Å². The van der Waals surface area contributed by atoms with Crippen LogP contribution in [0.15, 0.2) is 30.3 Å². The van der Waals surface area contributed by atoms with Crippen LogP contribution in [0.2, 0.25) is 0 Å². The number of aliphatic carboxylic acids is 1. The number of carboxylic acids is 1. The Morgan fingerprint density at radius 3 is 2.59 bits per heavy atom. The molecule has 1 amide bonds. The van der Waals surface area contributed by atoms with Gasteiger partial charge in [-0.05, 0) is 24.7 Å². The maximum absolute atomic E-state index is 12.2. The third-order valence-corrected chi connectivity index (χ3v) is 4.72. The highest BCUT2D eigenvalue weighted by Crippen LogP contribution is 2.23. The van der Waals surface area contributed by atoms with Gasteiger partial charge in [0.25, 0.3) is 0 Å². The van der Waals surface area contributed by atoms with Crippen LogP contribution in [0, 0.1) is 0 Å². The van der Waals surface area contributed by atoms with Crippen LogP contribution in [0.1, 0.15) is 12.5 Å². The van der Waals surface area contributed by atoms with Crippen molar-refractivity contribution in [2.75, 3.05) is 20.3 Å². The number of methoxy groups -OCH3 is 1. The van der Waals surface area contributed by atoms with Crippen molar-refractivity contribution in [2.45, 2.75) is 43.8 Å². The van der Waals surface area contributed by atoms with Crippen LogP contribution in [-0.2, 0) is 30.2 Å². The summed E-state index contributed by atoms with van der Waals surface area (Å²) < 4.78 is 16.2. The number of ether oxygens (including phenoxy) is 3. The quantitative estimate of drug-likeness (QED) is 0.420. The molecule has 160 valence electrons. The van der Waals surface area contributed by atoms with Crippen LogP contribution < -0.4 is 10.6 Å². The molecule has 9 nitrogen and oxygen atoms in total. The molecule has 2 rings (SSSR count). The van der Waals surface area contributed by atoms with E-state index in [1.54, 1.807) is 6.92 Å². The lowest BCUT2D eigenvalue weighted by Crippen LogP contribution is -2.65. The summed E-state index contributed by atoms with van der Waals surface area (Å²) in [5.41, 5.74) is 0.853. The van der Waals surface area contributed by atoms with Crippen LogP contribution in [0.5, 0.6) is 0 Å². The molecule has 0 aliphatic carbocycles. The van der Waals surface area contributed by atoms with Crippen molar-refractivity contribution in [1.82, 2.24) is 10.6 Å². The summed E-state index contributed by atoms with van der Waals surface area (Å²) in [5.74, 6) is -1.38. The van der Waals surface area contributed by atoms with Gasteiger partial charge in [-0.2, -0.15) is 0 Å². The summed E-state index contributed by atoms with van der Waals surface area (Å²) in [4.78, 5) is 22.7. The summed E-state index contributed by atoms with van der Waals surface area (Å²) in [6, 6.07) is 8.60. The molecular weight excluding hydrogens is 400 g/mol. The Morgan fingerprint density at radius 2 is 1.97 bits per heavy atom. The summed E-state index contributed by atoms with van der Waals surface area (Å²) in [6.07, 6.45) is -2.76. The van der Waals surface area contributed by atoms with Gasteiger partial charge in [0.15, 0.2) is 5.11 Å². The molecule has 0 aromatic heterocycles. The predicted octanol–water partition coefficient (Wildman–Crippen LogP) is -0.147. The van der Waals surface area contributed by atoms with E-state index in [-0.39, 0.29) is 24.0 Å². The number of nitrogens with one attached hydrogen (secondary N) is 2. The van der Waals surface area contributed by atoms with E-state index in [0.717, 1.165) is 5.56 Å². The Hall–Kier alpha value is -2.11. The van der Waals surface area contributed by atoms with Gasteiger partial charge in [-0.25, -0.2) is 4.79 Å². The molecular formula is C19H26N2O7S. The minimum atomic E-state index is -1.10. The van der Waals surface area contributed by atoms with Crippen LogP contribution in [0.3, 0.4) is 0 Å². The first-order valence-corrected chi connectivity index (χ1v) is 9.52. The van der Waals surface area contributed by atoms with Crippen molar-refractivity contribution in [3.63, 3.8) is 0 Å². The number of aliphatic hydroxyl groups is 1. The highest BCUT2D eigenvalue weighted by atomic mass is 32.1. The summed E-state index contributed by atoms with van der Waals surface area (Å²) in [5, 5.41) is 24.9. The van der Waals surface area contributed by atoms with E-state index in [1.807, 2.05) is 30.3 Å². The number of aliphatic hydroxyl groups excluding tert-OH is 1. The van der Waals surface area contributed by atoms with Crippen LogP contribution in [-0.4, -0.2) is 78.0 Å². The smallest absolute Gasteiger partial charge is 0.329 e. The fraction of sp³-hybridized carbons (Fsp3) is 0.526. The van der Waals surface area contributed by atoms with E-state index in [1.165, 1.54) is 7.11 Å². The Balaban J connectivity index is 1.89. The van der Waals surface area contributed by atoms with Crippen LogP contribution in [0.4, 0.5) is 0 Å². The summed E-state index contributed by atoms with van der Waals surface area (Å²) in [7, 11) is 1.41. The Kier molecular flexibility index (Phi) is 8.93. The van der Waals surface area contributed by atoms with E-state index in [2.05, 4.69) is 10.6 Å². The molecule has 0 radical (unpaired) electrons. The molecule has 29 heavy (non-hydrogen) atoms. The number of amides is 1. The number of hydrogen-bond donors (Lipinski definition) is 4. The molecule has 0 unspecified atom stereocenters. The molecule has 1 aromatic rings. The molecule has 0 spiro atoms. The lowest BCUT2D eigenvalue weighted by atomic mass is 9.93. The third kappa shape index (κ3) is 7.02. The van der Waals surface area contributed by atoms with Gasteiger partial charge >= 0.3 is 5.97 Å². The van der Waals surface area contributed by atoms with Gasteiger partial charge < -0.3 is 35.1 Å². The largest absolute Gasteiger partial charge is 0.480 e. The van der Waals surface area contributed by atoms with E-state index in [4.69, 9.17) is 31.5 Å². The van der Waals surface area contributed by atoms with Crippen molar-refractivity contribution in [1.29, 1.82) is 0 Å². The average molecular weight is 426 g/mol. The van der Waals surface area contributed by atoms with E-state index in [0.29, 0.717) is 0 Å². The van der Waals surface area contributed by atoms with Crippen molar-refractivity contribution in [3.05, 3.63) is 35.9 Å². The monoisotopic (exact) mass is 426 g/mol. The highest BCUT2D eigenvalue weighted by Gasteiger charge is 2.44. The lowest BCUT2D eigenvalue weighted by molar-refractivity contribution is -0.202. The molecule has 0 saturated carbocycles. The van der Waals surface area contributed by atoms with Crippen molar-refractivity contribution in [3.8, 4) is 0 Å². The zero-order valence-electron chi connectivity index (χ0n) is 16.2. The number of rotatable bonds is 8. The third-order valence-electron chi connectivity index (χ3n) is 4.50. The Labute approximate surface area is 174 Å². The first kappa shape index (κ1) is 23.2.